The van der Waals surface area contributed by atoms with Gasteiger partial charge in [0, 0.05) is 28.5 Å². The van der Waals surface area contributed by atoms with E-state index in [1.165, 1.54) is 12.0 Å². The Morgan fingerprint density at radius 2 is 2.30 bits per heavy atom. The van der Waals surface area contributed by atoms with Crippen LogP contribution in [0.1, 0.15) is 31.4 Å². The number of hydrogen-bond acceptors (Lipinski definition) is 4. The van der Waals surface area contributed by atoms with Gasteiger partial charge in [0.05, 0.1) is 6.61 Å². The van der Waals surface area contributed by atoms with E-state index in [4.69, 9.17) is 22.2 Å². The Balaban J connectivity index is 2.04. The molecule has 0 spiro atoms. The summed E-state index contributed by atoms with van der Waals surface area (Å²) in [5.74, 6) is 7.70. The van der Waals surface area contributed by atoms with Gasteiger partial charge in [0.2, 0.25) is 0 Å². The number of halogens is 1. The molecule has 2 unspecified atom stereocenters. The fourth-order valence-corrected chi connectivity index (χ4v) is 3.60. The Kier molecular flexibility index (Phi) is 6.02. The zero-order chi connectivity index (χ0) is 14.5. The Labute approximate surface area is 130 Å². The highest BCUT2D eigenvalue weighted by Gasteiger charge is 2.20. The number of hydrazine groups is 1. The lowest BCUT2D eigenvalue weighted by Crippen LogP contribution is -2.39. The number of nitrogens with one attached hydrogen (secondary N) is 1. The van der Waals surface area contributed by atoms with Gasteiger partial charge >= 0.3 is 0 Å². The average Bonchev–Trinajstić information content (AvgIpc) is 2.90. The third-order valence-electron chi connectivity index (χ3n) is 3.68. The molecule has 1 aromatic rings. The predicted molar refractivity (Wildman–Crippen MR) is 87.7 cm³/mol. The van der Waals surface area contributed by atoms with E-state index in [0.717, 1.165) is 41.5 Å². The molecule has 3 N–H and O–H groups in total. The van der Waals surface area contributed by atoms with Crippen molar-refractivity contribution in [1.82, 2.24) is 5.43 Å². The molecule has 20 heavy (non-hydrogen) atoms. The van der Waals surface area contributed by atoms with Crippen LogP contribution in [0, 0.1) is 0 Å². The molecule has 112 valence electrons. The minimum Gasteiger partial charge on any atom is -0.493 e. The summed E-state index contributed by atoms with van der Waals surface area (Å²) < 4.78 is 5.74. The van der Waals surface area contributed by atoms with Gasteiger partial charge in [0.15, 0.2) is 0 Å². The highest BCUT2D eigenvalue weighted by atomic mass is 35.5. The summed E-state index contributed by atoms with van der Waals surface area (Å²) in [7, 11) is 0. The van der Waals surface area contributed by atoms with Crippen LogP contribution in [0.5, 0.6) is 5.75 Å². The van der Waals surface area contributed by atoms with E-state index in [-0.39, 0.29) is 6.04 Å². The van der Waals surface area contributed by atoms with Crippen LogP contribution in [0.4, 0.5) is 0 Å². The normalized spacial score (nSPS) is 16.6. The molecule has 5 heteroatoms. The molecule has 3 nitrogen and oxygen atoms in total. The third-order valence-corrected chi connectivity index (χ3v) is 5.40. The van der Waals surface area contributed by atoms with Gasteiger partial charge in [-0.1, -0.05) is 25.4 Å². The first-order valence-electron chi connectivity index (χ1n) is 7.15. The Hall–Kier alpha value is -0.420. The van der Waals surface area contributed by atoms with E-state index >= 15 is 0 Å². The molecule has 0 amide bonds. The minimum absolute atomic E-state index is 0.237. The van der Waals surface area contributed by atoms with Crippen molar-refractivity contribution in [3.05, 3.63) is 28.3 Å². The van der Waals surface area contributed by atoms with Gasteiger partial charge < -0.3 is 4.74 Å². The molecule has 1 aromatic carbocycles. The highest BCUT2D eigenvalue weighted by molar-refractivity contribution is 7.99. The van der Waals surface area contributed by atoms with Crippen molar-refractivity contribution in [2.45, 2.75) is 44.4 Å². The molecule has 2 rings (SSSR count). The maximum absolute atomic E-state index is 6.19. The van der Waals surface area contributed by atoms with E-state index in [0.29, 0.717) is 5.25 Å². The van der Waals surface area contributed by atoms with E-state index in [2.05, 4.69) is 19.3 Å². The van der Waals surface area contributed by atoms with Crippen LogP contribution in [-0.2, 0) is 12.8 Å². The molecule has 1 aliphatic rings. The minimum atomic E-state index is 0.237. The second kappa shape index (κ2) is 7.55. The van der Waals surface area contributed by atoms with E-state index < -0.39 is 0 Å². The molecule has 0 saturated carbocycles. The standard InChI is InChI=1S/C15H23ClN2OS/c1-3-10(2)20-9-14(18-17)8-12-7-13(16)6-11-4-5-19-15(11)12/h6-7,10,14,18H,3-5,8-9,17H2,1-2H3. The van der Waals surface area contributed by atoms with Crippen LogP contribution >= 0.6 is 23.4 Å². The van der Waals surface area contributed by atoms with Gasteiger partial charge in [0.25, 0.3) is 0 Å². The van der Waals surface area contributed by atoms with Crippen molar-refractivity contribution >= 4 is 23.4 Å². The number of rotatable bonds is 7. The summed E-state index contributed by atoms with van der Waals surface area (Å²) in [4.78, 5) is 0. The van der Waals surface area contributed by atoms with E-state index in [9.17, 15) is 0 Å². The lowest BCUT2D eigenvalue weighted by atomic mass is 10.0. The third kappa shape index (κ3) is 4.04. The van der Waals surface area contributed by atoms with Gasteiger partial charge in [-0.15, -0.1) is 0 Å². The quantitative estimate of drug-likeness (QED) is 0.599. The van der Waals surface area contributed by atoms with Gasteiger partial charge in [-0.3, -0.25) is 11.3 Å². The van der Waals surface area contributed by atoms with Gasteiger partial charge in [-0.2, -0.15) is 11.8 Å². The molecule has 0 fully saturated rings. The highest BCUT2D eigenvalue weighted by Crippen LogP contribution is 2.33. The fraction of sp³-hybridized carbons (Fsp3) is 0.600. The van der Waals surface area contributed by atoms with Crippen molar-refractivity contribution in [3.63, 3.8) is 0 Å². The summed E-state index contributed by atoms with van der Waals surface area (Å²) in [5.41, 5.74) is 5.31. The monoisotopic (exact) mass is 314 g/mol. The van der Waals surface area contributed by atoms with Crippen molar-refractivity contribution in [2.24, 2.45) is 5.84 Å². The molecule has 0 saturated heterocycles. The zero-order valence-corrected chi connectivity index (χ0v) is 13.7. The van der Waals surface area contributed by atoms with Crippen LogP contribution in [0.2, 0.25) is 5.02 Å². The smallest absolute Gasteiger partial charge is 0.125 e. The van der Waals surface area contributed by atoms with Crippen molar-refractivity contribution < 1.29 is 4.74 Å². The summed E-state index contributed by atoms with van der Waals surface area (Å²) in [6.45, 7) is 5.21. The summed E-state index contributed by atoms with van der Waals surface area (Å²) in [6.07, 6.45) is 2.98. The van der Waals surface area contributed by atoms with Gasteiger partial charge in [-0.25, -0.2) is 0 Å². The van der Waals surface area contributed by atoms with Crippen LogP contribution in [0.15, 0.2) is 12.1 Å². The largest absolute Gasteiger partial charge is 0.493 e. The molecule has 0 aromatic heterocycles. The molecule has 1 heterocycles. The average molecular weight is 315 g/mol. The lowest BCUT2D eigenvalue weighted by molar-refractivity contribution is 0.352. The SMILES string of the molecule is CCC(C)SCC(Cc1cc(Cl)cc2c1OCC2)NN. The molecular weight excluding hydrogens is 292 g/mol. The molecule has 1 aliphatic heterocycles. The second-order valence-electron chi connectivity index (χ2n) is 5.27. The van der Waals surface area contributed by atoms with Gasteiger partial charge in [-0.05, 0) is 36.1 Å². The van der Waals surface area contributed by atoms with Crippen molar-refractivity contribution in [1.29, 1.82) is 0 Å². The van der Waals surface area contributed by atoms with Crippen LogP contribution < -0.4 is 16.0 Å². The maximum Gasteiger partial charge on any atom is 0.125 e. The van der Waals surface area contributed by atoms with Crippen molar-refractivity contribution in [2.75, 3.05) is 12.4 Å². The maximum atomic E-state index is 6.19. The summed E-state index contributed by atoms with van der Waals surface area (Å²) >= 11 is 8.14. The Bertz CT molecular complexity index is 456. The number of fused-ring (bicyclic) bond motifs is 1. The van der Waals surface area contributed by atoms with E-state index in [1.54, 1.807) is 0 Å². The molecule has 0 radical (unpaired) electrons. The zero-order valence-electron chi connectivity index (χ0n) is 12.1. The lowest BCUT2D eigenvalue weighted by Gasteiger charge is -2.19. The van der Waals surface area contributed by atoms with Crippen LogP contribution in [-0.4, -0.2) is 23.7 Å². The Morgan fingerprint density at radius 1 is 1.50 bits per heavy atom. The van der Waals surface area contributed by atoms with E-state index in [1.807, 2.05) is 23.9 Å². The van der Waals surface area contributed by atoms with Crippen LogP contribution in [0.3, 0.4) is 0 Å². The number of ether oxygens (including phenoxy) is 1. The van der Waals surface area contributed by atoms with Gasteiger partial charge in [0.1, 0.15) is 5.75 Å². The molecule has 2 atom stereocenters. The topological polar surface area (TPSA) is 47.3 Å². The number of benzene rings is 1. The first-order valence-corrected chi connectivity index (χ1v) is 8.58. The first-order chi connectivity index (χ1) is 9.63. The molecule has 0 bridgehead atoms. The number of hydrogen-bond donors (Lipinski definition) is 2. The first kappa shape index (κ1) is 16.0. The van der Waals surface area contributed by atoms with Crippen LogP contribution in [0.25, 0.3) is 0 Å². The molecular formula is C15H23ClN2OS. The summed E-state index contributed by atoms with van der Waals surface area (Å²) in [6, 6.07) is 4.25. The number of nitrogens with two attached hydrogens (primary N) is 1. The summed E-state index contributed by atoms with van der Waals surface area (Å²) in [5, 5.41) is 1.45. The molecule has 0 aliphatic carbocycles. The Morgan fingerprint density at radius 3 is 3.00 bits per heavy atom. The predicted octanol–water partition coefficient (Wildman–Crippen LogP) is 3.18. The second-order valence-corrected chi connectivity index (χ2v) is 7.18. The number of thioether (sulfide) groups is 1. The fourth-order valence-electron chi connectivity index (χ4n) is 2.33. The van der Waals surface area contributed by atoms with Crippen molar-refractivity contribution in [3.8, 4) is 5.75 Å².